The predicted molar refractivity (Wildman–Crippen MR) is 70.6 cm³/mol. The van der Waals surface area contributed by atoms with Crippen molar-refractivity contribution in [3.8, 4) is 22.5 Å². The van der Waals surface area contributed by atoms with Crippen molar-refractivity contribution in [2.45, 2.75) is 0 Å². The first-order chi connectivity index (χ1) is 9.16. The number of aryl methyl sites for hydroxylation is 1. The summed E-state index contributed by atoms with van der Waals surface area (Å²) in [5, 5.41) is 11.1. The lowest BCUT2D eigenvalue weighted by atomic mass is 10.0. The van der Waals surface area contributed by atoms with Crippen LogP contribution in [0.15, 0.2) is 36.5 Å². The van der Waals surface area contributed by atoms with Gasteiger partial charge in [0.2, 0.25) is 0 Å². The highest BCUT2D eigenvalue weighted by Gasteiger charge is 2.18. The van der Waals surface area contributed by atoms with Gasteiger partial charge in [-0.1, -0.05) is 12.1 Å². The third-order valence-corrected chi connectivity index (χ3v) is 2.98. The molecule has 0 unspecified atom stereocenters. The van der Waals surface area contributed by atoms with Crippen LogP contribution in [-0.4, -0.2) is 20.0 Å². The number of halogens is 1. The molecular weight excluding hydrogens is 245 g/mol. The highest BCUT2D eigenvalue weighted by Crippen LogP contribution is 2.34. The predicted octanol–water partition coefficient (Wildman–Crippen LogP) is 2.20. The molecule has 1 aromatic carbocycles. The zero-order chi connectivity index (χ0) is 13.4. The van der Waals surface area contributed by atoms with Crippen LogP contribution in [0.3, 0.4) is 0 Å². The number of anilines is 1. The lowest BCUT2D eigenvalue weighted by molar-refractivity contribution is 0.628. The Labute approximate surface area is 108 Å². The van der Waals surface area contributed by atoms with Crippen molar-refractivity contribution in [1.29, 1.82) is 0 Å². The zero-order valence-electron chi connectivity index (χ0n) is 10.3. The van der Waals surface area contributed by atoms with Crippen LogP contribution < -0.4 is 5.73 Å². The van der Waals surface area contributed by atoms with Gasteiger partial charge in [0.15, 0.2) is 0 Å². The third kappa shape index (κ3) is 1.87. The van der Waals surface area contributed by atoms with E-state index in [-0.39, 0.29) is 5.82 Å². The number of hydrogen-bond acceptors (Lipinski definition) is 3. The van der Waals surface area contributed by atoms with Crippen molar-refractivity contribution >= 4 is 5.82 Å². The van der Waals surface area contributed by atoms with Gasteiger partial charge in [-0.15, -0.1) is 0 Å². The summed E-state index contributed by atoms with van der Waals surface area (Å²) >= 11 is 0. The van der Waals surface area contributed by atoms with E-state index in [2.05, 4.69) is 15.3 Å². The van der Waals surface area contributed by atoms with Crippen LogP contribution in [0.2, 0.25) is 0 Å². The molecule has 0 atom stereocenters. The number of aromatic amines is 1. The van der Waals surface area contributed by atoms with Crippen LogP contribution in [0.1, 0.15) is 0 Å². The van der Waals surface area contributed by atoms with Crippen LogP contribution in [0.25, 0.3) is 22.5 Å². The molecule has 0 aliphatic rings. The van der Waals surface area contributed by atoms with Gasteiger partial charge in [-0.3, -0.25) is 9.78 Å². The van der Waals surface area contributed by atoms with Gasteiger partial charge in [0.1, 0.15) is 17.3 Å². The number of rotatable bonds is 2. The smallest absolute Gasteiger partial charge is 0.129 e. The maximum atomic E-state index is 13.0. The minimum atomic E-state index is -0.283. The number of hydrogen-bond donors (Lipinski definition) is 2. The van der Waals surface area contributed by atoms with Crippen LogP contribution >= 0.6 is 0 Å². The molecule has 3 rings (SSSR count). The summed E-state index contributed by atoms with van der Waals surface area (Å²) in [5.41, 5.74) is 9.11. The molecule has 0 fully saturated rings. The van der Waals surface area contributed by atoms with Crippen molar-refractivity contribution in [3.63, 3.8) is 0 Å². The van der Waals surface area contributed by atoms with E-state index in [4.69, 9.17) is 5.73 Å². The maximum Gasteiger partial charge on any atom is 0.129 e. The molecule has 19 heavy (non-hydrogen) atoms. The largest absolute Gasteiger partial charge is 0.383 e. The topological polar surface area (TPSA) is 72.5 Å². The summed E-state index contributed by atoms with van der Waals surface area (Å²) < 4.78 is 14.6. The lowest BCUT2D eigenvalue weighted by Crippen LogP contribution is -1.97. The molecule has 96 valence electrons. The quantitative estimate of drug-likeness (QED) is 0.739. The van der Waals surface area contributed by atoms with Gasteiger partial charge in [0.25, 0.3) is 0 Å². The number of nitrogen functional groups attached to an aromatic ring is 1. The van der Waals surface area contributed by atoms with E-state index >= 15 is 0 Å². The SMILES string of the molecule is Cn1nc(-c2ccn[nH]2)c(-c2ccc(F)cc2)c1N. The van der Waals surface area contributed by atoms with Crippen molar-refractivity contribution in [2.75, 3.05) is 5.73 Å². The Bertz CT molecular complexity index is 697. The molecule has 0 amide bonds. The summed E-state index contributed by atoms with van der Waals surface area (Å²) in [5.74, 6) is 0.241. The summed E-state index contributed by atoms with van der Waals surface area (Å²) in [7, 11) is 1.77. The normalized spacial score (nSPS) is 10.8. The second-order valence-electron chi connectivity index (χ2n) is 4.21. The number of aromatic nitrogens is 4. The first kappa shape index (κ1) is 11.5. The number of nitrogens with zero attached hydrogens (tertiary/aromatic N) is 3. The molecule has 0 aliphatic heterocycles. The van der Waals surface area contributed by atoms with Gasteiger partial charge < -0.3 is 5.73 Å². The number of nitrogens with two attached hydrogens (primary N) is 1. The van der Waals surface area contributed by atoms with Crippen LogP contribution in [0.5, 0.6) is 0 Å². The molecule has 3 N–H and O–H groups in total. The molecule has 5 nitrogen and oxygen atoms in total. The second kappa shape index (κ2) is 4.24. The molecule has 2 aromatic heterocycles. The first-order valence-electron chi connectivity index (χ1n) is 5.75. The van der Waals surface area contributed by atoms with Gasteiger partial charge in [-0.2, -0.15) is 10.2 Å². The Kier molecular flexibility index (Phi) is 2.56. The monoisotopic (exact) mass is 257 g/mol. The lowest BCUT2D eigenvalue weighted by Gasteiger charge is -2.03. The van der Waals surface area contributed by atoms with Crippen LogP contribution in [0, 0.1) is 5.82 Å². The van der Waals surface area contributed by atoms with Crippen molar-refractivity contribution in [3.05, 3.63) is 42.3 Å². The molecule has 2 heterocycles. The standard InChI is InChI=1S/C13H12FN5/c1-19-13(15)11(8-2-4-9(14)5-3-8)12(18-19)10-6-7-16-17-10/h2-7H,15H2,1H3,(H,16,17). The number of H-pyrrole nitrogens is 1. The summed E-state index contributed by atoms with van der Waals surface area (Å²) in [6.07, 6.45) is 1.65. The molecule has 0 saturated carbocycles. The molecule has 6 heteroatoms. The fourth-order valence-electron chi connectivity index (χ4n) is 2.01. The first-order valence-corrected chi connectivity index (χ1v) is 5.75. The Morgan fingerprint density at radius 1 is 1.21 bits per heavy atom. The zero-order valence-corrected chi connectivity index (χ0v) is 10.3. The van der Waals surface area contributed by atoms with Gasteiger partial charge in [-0.05, 0) is 23.8 Å². The fraction of sp³-hybridized carbons (Fsp3) is 0.0769. The molecule has 0 radical (unpaired) electrons. The third-order valence-electron chi connectivity index (χ3n) is 2.98. The Morgan fingerprint density at radius 2 is 1.95 bits per heavy atom. The fourth-order valence-corrected chi connectivity index (χ4v) is 2.01. The number of nitrogens with one attached hydrogen (secondary N) is 1. The van der Waals surface area contributed by atoms with Gasteiger partial charge in [0, 0.05) is 13.2 Å². The highest BCUT2D eigenvalue weighted by atomic mass is 19.1. The van der Waals surface area contributed by atoms with Crippen molar-refractivity contribution in [1.82, 2.24) is 20.0 Å². The molecule has 3 aromatic rings. The van der Waals surface area contributed by atoms with Gasteiger partial charge in [-0.25, -0.2) is 4.39 Å². The summed E-state index contributed by atoms with van der Waals surface area (Å²) in [6, 6.07) is 7.98. The second-order valence-corrected chi connectivity index (χ2v) is 4.21. The molecular formula is C13H12FN5. The van der Waals surface area contributed by atoms with E-state index in [1.165, 1.54) is 12.1 Å². The summed E-state index contributed by atoms with van der Waals surface area (Å²) in [4.78, 5) is 0. The van der Waals surface area contributed by atoms with E-state index in [1.807, 2.05) is 6.07 Å². The average molecular weight is 257 g/mol. The van der Waals surface area contributed by atoms with E-state index in [1.54, 1.807) is 30.1 Å². The van der Waals surface area contributed by atoms with E-state index in [0.29, 0.717) is 11.5 Å². The average Bonchev–Trinajstić information content (AvgIpc) is 3.01. The number of benzene rings is 1. The Morgan fingerprint density at radius 3 is 2.58 bits per heavy atom. The molecule has 0 saturated heterocycles. The van der Waals surface area contributed by atoms with E-state index in [0.717, 1.165) is 16.8 Å². The molecule has 0 spiro atoms. The molecule has 0 bridgehead atoms. The van der Waals surface area contributed by atoms with Crippen LogP contribution in [0.4, 0.5) is 10.2 Å². The van der Waals surface area contributed by atoms with Gasteiger partial charge >= 0.3 is 0 Å². The minimum absolute atomic E-state index is 0.283. The highest BCUT2D eigenvalue weighted by molar-refractivity contribution is 5.86. The van der Waals surface area contributed by atoms with E-state index in [9.17, 15) is 4.39 Å². The minimum Gasteiger partial charge on any atom is -0.383 e. The van der Waals surface area contributed by atoms with Crippen LogP contribution in [-0.2, 0) is 7.05 Å². The van der Waals surface area contributed by atoms with Crippen molar-refractivity contribution < 1.29 is 4.39 Å². The Balaban J connectivity index is 2.22. The van der Waals surface area contributed by atoms with Crippen molar-refractivity contribution in [2.24, 2.45) is 7.05 Å². The maximum absolute atomic E-state index is 13.0. The molecule has 0 aliphatic carbocycles. The Hall–Kier alpha value is -2.63. The van der Waals surface area contributed by atoms with Gasteiger partial charge in [0.05, 0.1) is 11.3 Å². The van der Waals surface area contributed by atoms with E-state index < -0.39 is 0 Å². The summed E-state index contributed by atoms with van der Waals surface area (Å²) in [6.45, 7) is 0.